The van der Waals surface area contributed by atoms with Crippen LogP contribution in [0.3, 0.4) is 0 Å². The minimum atomic E-state index is 0.623. The standard InChI is InChI=1S/C17H19N5S2/c18-16-21-13-5-8-22(9-6-14(13)23-16)7-1-2-11-3-4-12-15(10-11)24-17(19)20-12/h1-4,10H,5-9H2,(H2,18,21)(H2,19,20)/b2-1+. The average molecular weight is 358 g/mol. The molecule has 5 nitrogen and oxygen atoms in total. The van der Waals surface area contributed by atoms with E-state index < -0.39 is 0 Å². The lowest BCUT2D eigenvalue weighted by Crippen LogP contribution is -2.26. The van der Waals surface area contributed by atoms with Gasteiger partial charge in [-0.2, -0.15) is 0 Å². The largest absolute Gasteiger partial charge is 0.375 e. The second-order valence-electron chi connectivity index (χ2n) is 5.90. The monoisotopic (exact) mass is 357 g/mol. The lowest BCUT2D eigenvalue weighted by molar-refractivity contribution is 0.318. The minimum absolute atomic E-state index is 0.623. The summed E-state index contributed by atoms with van der Waals surface area (Å²) in [5.74, 6) is 0. The Hall–Kier alpha value is -1.96. The van der Waals surface area contributed by atoms with Crippen LogP contribution in [0.15, 0.2) is 24.3 Å². The molecule has 0 unspecified atom stereocenters. The van der Waals surface area contributed by atoms with Crippen molar-refractivity contribution in [3.8, 4) is 0 Å². The van der Waals surface area contributed by atoms with Crippen LogP contribution in [-0.2, 0) is 12.8 Å². The van der Waals surface area contributed by atoms with Gasteiger partial charge in [0.1, 0.15) is 0 Å². The van der Waals surface area contributed by atoms with Gasteiger partial charge in [-0.1, -0.05) is 29.6 Å². The van der Waals surface area contributed by atoms with Gasteiger partial charge in [0.25, 0.3) is 0 Å². The first-order chi connectivity index (χ1) is 11.7. The van der Waals surface area contributed by atoms with Crippen molar-refractivity contribution in [2.45, 2.75) is 12.8 Å². The molecule has 24 heavy (non-hydrogen) atoms. The Labute approximate surface area is 148 Å². The summed E-state index contributed by atoms with van der Waals surface area (Å²) in [6, 6.07) is 6.26. The van der Waals surface area contributed by atoms with Crippen molar-refractivity contribution >= 4 is 49.2 Å². The zero-order chi connectivity index (χ0) is 16.5. The van der Waals surface area contributed by atoms with E-state index in [-0.39, 0.29) is 0 Å². The lowest BCUT2D eigenvalue weighted by Gasteiger charge is -2.17. The van der Waals surface area contributed by atoms with Crippen LogP contribution in [0.25, 0.3) is 16.3 Å². The molecule has 2 aromatic heterocycles. The van der Waals surface area contributed by atoms with Gasteiger partial charge in [0.05, 0.1) is 15.9 Å². The van der Waals surface area contributed by atoms with Crippen LogP contribution in [0.1, 0.15) is 16.1 Å². The average Bonchev–Trinajstić information content (AvgIpc) is 3.04. The van der Waals surface area contributed by atoms with Crippen molar-refractivity contribution in [2.75, 3.05) is 31.1 Å². The third kappa shape index (κ3) is 3.28. The summed E-state index contributed by atoms with van der Waals surface area (Å²) in [5.41, 5.74) is 14.9. The molecule has 4 rings (SSSR count). The molecule has 1 aliphatic heterocycles. The quantitative estimate of drug-likeness (QED) is 0.753. The van der Waals surface area contributed by atoms with E-state index in [1.54, 1.807) is 11.3 Å². The molecule has 0 amide bonds. The van der Waals surface area contributed by atoms with Crippen molar-refractivity contribution in [1.29, 1.82) is 0 Å². The highest BCUT2D eigenvalue weighted by Gasteiger charge is 2.16. The molecular formula is C17H19N5S2. The molecule has 0 spiro atoms. The molecule has 0 bridgehead atoms. The Morgan fingerprint density at radius 1 is 1.08 bits per heavy atom. The van der Waals surface area contributed by atoms with Crippen LogP contribution >= 0.6 is 22.7 Å². The molecule has 0 atom stereocenters. The topological polar surface area (TPSA) is 81.1 Å². The molecule has 3 aromatic rings. The SMILES string of the molecule is Nc1nc2c(s1)CCN(C/C=C/c1ccc3nc(N)sc3c1)CC2. The van der Waals surface area contributed by atoms with Crippen LogP contribution in [0, 0.1) is 0 Å². The number of nitrogen functional groups attached to an aromatic ring is 2. The smallest absolute Gasteiger partial charge is 0.181 e. The summed E-state index contributed by atoms with van der Waals surface area (Å²) in [4.78, 5) is 12.5. The molecule has 124 valence electrons. The number of nitrogens with zero attached hydrogens (tertiary/aromatic N) is 3. The van der Waals surface area contributed by atoms with E-state index in [2.05, 4.69) is 39.2 Å². The van der Waals surface area contributed by atoms with E-state index in [9.17, 15) is 0 Å². The van der Waals surface area contributed by atoms with E-state index >= 15 is 0 Å². The Balaban J connectivity index is 1.39. The molecule has 1 aliphatic rings. The number of thiazole rings is 2. The zero-order valence-electron chi connectivity index (χ0n) is 13.2. The Morgan fingerprint density at radius 3 is 2.83 bits per heavy atom. The van der Waals surface area contributed by atoms with Gasteiger partial charge in [-0.15, -0.1) is 11.3 Å². The van der Waals surface area contributed by atoms with Crippen molar-refractivity contribution in [3.63, 3.8) is 0 Å². The van der Waals surface area contributed by atoms with Gasteiger partial charge in [0.15, 0.2) is 10.3 Å². The molecule has 3 heterocycles. The minimum Gasteiger partial charge on any atom is -0.375 e. The molecule has 1 aromatic carbocycles. The van der Waals surface area contributed by atoms with Gasteiger partial charge >= 0.3 is 0 Å². The molecule has 0 radical (unpaired) electrons. The Morgan fingerprint density at radius 2 is 1.92 bits per heavy atom. The highest BCUT2D eigenvalue weighted by molar-refractivity contribution is 7.22. The molecule has 4 N–H and O–H groups in total. The van der Waals surface area contributed by atoms with E-state index in [1.807, 2.05) is 6.07 Å². The fourth-order valence-electron chi connectivity index (χ4n) is 3.01. The van der Waals surface area contributed by atoms with E-state index in [0.29, 0.717) is 10.3 Å². The maximum atomic E-state index is 5.80. The predicted octanol–water partition coefficient (Wildman–Crippen LogP) is 3.03. The van der Waals surface area contributed by atoms with Gasteiger partial charge in [-0.25, -0.2) is 9.97 Å². The highest BCUT2D eigenvalue weighted by Crippen LogP contribution is 2.25. The molecule has 7 heteroatoms. The second kappa shape index (κ2) is 6.51. The first kappa shape index (κ1) is 15.6. The van der Waals surface area contributed by atoms with Crippen molar-refractivity contribution in [3.05, 3.63) is 40.4 Å². The van der Waals surface area contributed by atoms with E-state index in [1.165, 1.54) is 27.5 Å². The molecule has 0 saturated heterocycles. The summed E-state index contributed by atoms with van der Waals surface area (Å²) in [5, 5.41) is 1.32. The summed E-state index contributed by atoms with van der Waals surface area (Å²) < 4.78 is 1.14. The Bertz CT molecular complexity index is 870. The zero-order valence-corrected chi connectivity index (χ0v) is 14.9. The molecule has 0 saturated carbocycles. The maximum absolute atomic E-state index is 5.80. The molecule has 0 fully saturated rings. The lowest BCUT2D eigenvalue weighted by atomic mass is 10.2. The van der Waals surface area contributed by atoms with E-state index in [0.717, 1.165) is 42.7 Å². The number of hydrogen-bond donors (Lipinski definition) is 2. The van der Waals surface area contributed by atoms with Crippen LogP contribution in [0.4, 0.5) is 10.3 Å². The number of nitrogens with two attached hydrogens (primary N) is 2. The summed E-state index contributed by atoms with van der Waals surface area (Å²) in [7, 11) is 0. The summed E-state index contributed by atoms with van der Waals surface area (Å²) >= 11 is 3.17. The van der Waals surface area contributed by atoms with E-state index in [4.69, 9.17) is 11.5 Å². The highest BCUT2D eigenvalue weighted by atomic mass is 32.1. The first-order valence-electron chi connectivity index (χ1n) is 7.96. The van der Waals surface area contributed by atoms with Crippen LogP contribution < -0.4 is 11.5 Å². The number of rotatable bonds is 3. The second-order valence-corrected chi connectivity index (χ2v) is 8.08. The van der Waals surface area contributed by atoms with Gasteiger partial charge < -0.3 is 11.5 Å². The normalized spacial score (nSPS) is 15.8. The van der Waals surface area contributed by atoms with Gasteiger partial charge in [-0.05, 0) is 24.1 Å². The number of aromatic nitrogens is 2. The van der Waals surface area contributed by atoms with Crippen molar-refractivity contribution in [1.82, 2.24) is 14.9 Å². The number of anilines is 2. The first-order valence-corrected chi connectivity index (χ1v) is 9.60. The third-order valence-electron chi connectivity index (χ3n) is 4.22. The van der Waals surface area contributed by atoms with Crippen LogP contribution in [0.5, 0.6) is 0 Å². The fraction of sp³-hybridized carbons (Fsp3) is 0.294. The van der Waals surface area contributed by atoms with Crippen molar-refractivity contribution < 1.29 is 0 Å². The van der Waals surface area contributed by atoms with Gasteiger partial charge in [0, 0.05) is 30.9 Å². The van der Waals surface area contributed by atoms with Gasteiger partial charge in [0.2, 0.25) is 0 Å². The number of hydrogen-bond acceptors (Lipinski definition) is 7. The maximum Gasteiger partial charge on any atom is 0.181 e. The summed E-state index contributed by atoms with van der Waals surface area (Å²) in [6.45, 7) is 3.04. The third-order valence-corrected chi connectivity index (χ3v) is 6.05. The molecule has 0 aliphatic carbocycles. The number of fused-ring (bicyclic) bond motifs is 2. The number of benzene rings is 1. The Kier molecular flexibility index (Phi) is 4.22. The predicted molar refractivity (Wildman–Crippen MR) is 103 cm³/mol. The van der Waals surface area contributed by atoms with Crippen LogP contribution in [0.2, 0.25) is 0 Å². The van der Waals surface area contributed by atoms with Crippen molar-refractivity contribution in [2.24, 2.45) is 0 Å². The fourth-order valence-corrected chi connectivity index (χ4v) is 4.66. The summed E-state index contributed by atoms with van der Waals surface area (Å²) in [6.07, 6.45) is 6.44. The van der Waals surface area contributed by atoms with Crippen LogP contribution in [-0.4, -0.2) is 34.5 Å². The van der Waals surface area contributed by atoms with Gasteiger partial charge in [-0.3, -0.25) is 4.90 Å². The molecular weight excluding hydrogens is 338 g/mol.